The molecule has 0 radical (unpaired) electrons. The first kappa shape index (κ1) is 12.3. The van der Waals surface area contributed by atoms with Crippen molar-refractivity contribution in [2.45, 2.75) is 0 Å². The zero-order chi connectivity index (χ0) is 14.1. The summed E-state index contributed by atoms with van der Waals surface area (Å²) in [5.74, 6) is 1.01. The van der Waals surface area contributed by atoms with Gasteiger partial charge in [-0.05, 0) is 30.3 Å². The molecule has 0 atom stereocenters. The fraction of sp³-hybridized carbons (Fsp3) is 0.250. The summed E-state index contributed by atoms with van der Waals surface area (Å²) in [6.07, 6.45) is 3.71. The van der Waals surface area contributed by atoms with Gasteiger partial charge in [0.25, 0.3) is 0 Å². The van der Waals surface area contributed by atoms with Gasteiger partial charge < -0.3 is 14.6 Å². The van der Waals surface area contributed by atoms with Crippen LogP contribution in [0, 0.1) is 0 Å². The summed E-state index contributed by atoms with van der Waals surface area (Å²) in [7, 11) is 0. The fourth-order valence-corrected chi connectivity index (χ4v) is 2.64. The van der Waals surface area contributed by atoms with Crippen molar-refractivity contribution in [1.82, 2.24) is 15.0 Å². The molecule has 4 heterocycles. The molecule has 4 rings (SSSR count). The second-order valence-corrected chi connectivity index (χ2v) is 5.13. The molecule has 1 N–H and O–H groups in total. The Morgan fingerprint density at radius 1 is 1.10 bits per heavy atom. The molecule has 106 valence electrons. The van der Waals surface area contributed by atoms with Crippen molar-refractivity contribution >= 4 is 16.9 Å². The quantitative estimate of drug-likeness (QED) is 0.783. The van der Waals surface area contributed by atoms with Gasteiger partial charge in [0, 0.05) is 42.1 Å². The number of ether oxygens (including phenoxy) is 1. The number of H-pyrrole nitrogens is 1. The Morgan fingerprint density at radius 3 is 2.76 bits per heavy atom. The Kier molecular flexibility index (Phi) is 3.05. The summed E-state index contributed by atoms with van der Waals surface area (Å²) in [5.41, 5.74) is 3.03. The van der Waals surface area contributed by atoms with Gasteiger partial charge in [-0.2, -0.15) is 0 Å². The van der Waals surface area contributed by atoms with Crippen molar-refractivity contribution in [3.05, 3.63) is 42.7 Å². The van der Waals surface area contributed by atoms with Crippen LogP contribution >= 0.6 is 0 Å². The maximum absolute atomic E-state index is 5.37. The van der Waals surface area contributed by atoms with E-state index in [2.05, 4.69) is 44.1 Å². The smallest absolute Gasteiger partial charge is 0.137 e. The normalized spacial score (nSPS) is 15.5. The Bertz CT molecular complexity index is 711. The maximum Gasteiger partial charge on any atom is 0.137 e. The lowest BCUT2D eigenvalue weighted by molar-refractivity contribution is 0.122. The van der Waals surface area contributed by atoms with Crippen molar-refractivity contribution < 1.29 is 4.74 Å². The Hall–Kier alpha value is -2.40. The molecule has 1 aliphatic heterocycles. The van der Waals surface area contributed by atoms with Gasteiger partial charge in [-0.1, -0.05) is 0 Å². The van der Waals surface area contributed by atoms with E-state index in [1.165, 1.54) is 0 Å². The van der Waals surface area contributed by atoms with Crippen LogP contribution in [0.3, 0.4) is 0 Å². The Labute approximate surface area is 122 Å². The number of aromatic amines is 1. The maximum atomic E-state index is 5.37. The second-order valence-electron chi connectivity index (χ2n) is 5.13. The van der Waals surface area contributed by atoms with E-state index in [0.29, 0.717) is 0 Å². The van der Waals surface area contributed by atoms with Gasteiger partial charge in [-0.3, -0.25) is 0 Å². The molecule has 0 amide bonds. The number of rotatable bonds is 2. The van der Waals surface area contributed by atoms with Crippen molar-refractivity contribution in [3.63, 3.8) is 0 Å². The molecule has 0 saturated carbocycles. The molecular weight excluding hydrogens is 264 g/mol. The average molecular weight is 280 g/mol. The van der Waals surface area contributed by atoms with Crippen LogP contribution in [0.25, 0.3) is 22.3 Å². The van der Waals surface area contributed by atoms with E-state index in [-0.39, 0.29) is 0 Å². The molecule has 0 unspecified atom stereocenters. The highest BCUT2D eigenvalue weighted by Gasteiger charge is 2.12. The number of pyridine rings is 2. The van der Waals surface area contributed by atoms with Gasteiger partial charge in [0.15, 0.2) is 0 Å². The molecule has 3 aromatic heterocycles. The van der Waals surface area contributed by atoms with E-state index in [9.17, 15) is 0 Å². The minimum atomic E-state index is 0.775. The Balaban J connectivity index is 1.63. The molecule has 1 saturated heterocycles. The highest BCUT2D eigenvalue weighted by Crippen LogP contribution is 2.24. The van der Waals surface area contributed by atoms with Gasteiger partial charge >= 0.3 is 0 Å². The molecule has 21 heavy (non-hydrogen) atoms. The van der Waals surface area contributed by atoms with E-state index in [0.717, 1.165) is 54.4 Å². The molecule has 0 spiro atoms. The third kappa shape index (κ3) is 2.36. The number of hydrogen-bond donors (Lipinski definition) is 1. The van der Waals surface area contributed by atoms with Crippen LogP contribution in [0.2, 0.25) is 0 Å². The lowest BCUT2D eigenvalue weighted by Crippen LogP contribution is -2.36. The molecule has 0 aliphatic carbocycles. The highest BCUT2D eigenvalue weighted by molar-refractivity contribution is 5.82. The summed E-state index contributed by atoms with van der Waals surface area (Å²) in [6.45, 7) is 3.36. The molecule has 1 fully saturated rings. The third-order valence-corrected chi connectivity index (χ3v) is 3.79. The fourth-order valence-electron chi connectivity index (χ4n) is 2.64. The lowest BCUT2D eigenvalue weighted by Gasteiger charge is -2.27. The van der Waals surface area contributed by atoms with E-state index < -0.39 is 0 Å². The molecule has 1 aliphatic rings. The number of nitrogens with zero attached hydrogens (tertiary/aromatic N) is 3. The summed E-state index contributed by atoms with van der Waals surface area (Å²) >= 11 is 0. The first-order chi connectivity index (χ1) is 10.4. The van der Waals surface area contributed by atoms with Crippen LogP contribution < -0.4 is 4.90 Å². The van der Waals surface area contributed by atoms with Crippen LogP contribution in [0.1, 0.15) is 0 Å². The predicted molar refractivity (Wildman–Crippen MR) is 82.4 cm³/mol. The molecule has 0 bridgehead atoms. The van der Waals surface area contributed by atoms with Gasteiger partial charge in [0.2, 0.25) is 0 Å². The van der Waals surface area contributed by atoms with Crippen molar-refractivity contribution in [3.8, 4) is 11.3 Å². The minimum Gasteiger partial charge on any atom is -0.378 e. The van der Waals surface area contributed by atoms with Crippen molar-refractivity contribution in [1.29, 1.82) is 0 Å². The van der Waals surface area contributed by atoms with E-state index in [4.69, 9.17) is 4.74 Å². The largest absolute Gasteiger partial charge is 0.378 e. The first-order valence-corrected chi connectivity index (χ1v) is 7.13. The average Bonchev–Trinajstić information content (AvgIpc) is 3.00. The number of morpholine rings is 1. The van der Waals surface area contributed by atoms with Gasteiger partial charge in [0.05, 0.1) is 13.2 Å². The van der Waals surface area contributed by atoms with Crippen LogP contribution in [0.15, 0.2) is 42.7 Å². The zero-order valence-corrected chi connectivity index (χ0v) is 11.6. The summed E-state index contributed by atoms with van der Waals surface area (Å²) in [6, 6.07) is 10.3. The van der Waals surface area contributed by atoms with Crippen LogP contribution in [-0.2, 0) is 4.74 Å². The monoisotopic (exact) mass is 280 g/mol. The van der Waals surface area contributed by atoms with Gasteiger partial charge in [0.1, 0.15) is 11.5 Å². The predicted octanol–water partition coefficient (Wildman–Crippen LogP) is 2.46. The molecule has 3 aromatic rings. The zero-order valence-electron chi connectivity index (χ0n) is 11.6. The third-order valence-electron chi connectivity index (χ3n) is 3.79. The van der Waals surface area contributed by atoms with Crippen LogP contribution in [0.5, 0.6) is 0 Å². The number of nitrogens with one attached hydrogen (secondary N) is 1. The molecule has 0 aromatic carbocycles. The lowest BCUT2D eigenvalue weighted by atomic mass is 10.2. The van der Waals surface area contributed by atoms with E-state index in [1.54, 1.807) is 6.20 Å². The minimum absolute atomic E-state index is 0.775. The second kappa shape index (κ2) is 5.18. The molecule has 5 nitrogen and oxygen atoms in total. The number of aromatic nitrogens is 3. The van der Waals surface area contributed by atoms with Crippen LogP contribution in [-0.4, -0.2) is 41.3 Å². The van der Waals surface area contributed by atoms with E-state index >= 15 is 0 Å². The molecule has 5 heteroatoms. The number of hydrogen-bond acceptors (Lipinski definition) is 4. The van der Waals surface area contributed by atoms with Crippen LogP contribution in [0.4, 0.5) is 5.82 Å². The summed E-state index contributed by atoms with van der Waals surface area (Å²) < 4.78 is 5.37. The van der Waals surface area contributed by atoms with Gasteiger partial charge in [-0.25, -0.2) is 9.97 Å². The summed E-state index contributed by atoms with van der Waals surface area (Å²) in [5, 5.41) is 1.12. The SMILES string of the molecule is c1cnc2[nH]c(-c3ccc(N4CCOCC4)nc3)cc2c1. The highest BCUT2D eigenvalue weighted by atomic mass is 16.5. The van der Waals surface area contributed by atoms with Crippen molar-refractivity contribution in [2.24, 2.45) is 0 Å². The van der Waals surface area contributed by atoms with E-state index in [1.807, 2.05) is 12.3 Å². The van der Waals surface area contributed by atoms with Gasteiger partial charge in [-0.15, -0.1) is 0 Å². The number of fused-ring (bicyclic) bond motifs is 1. The first-order valence-electron chi connectivity index (χ1n) is 7.13. The standard InChI is InChI=1S/C16H16N4O/c1-2-12-10-14(19-16(12)17-5-1)13-3-4-15(18-11-13)20-6-8-21-9-7-20/h1-5,10-11H,6-9H2,(H,17,19). The summed E-state index contributed by atoms with van der Waals surface area (Å²) in [4.78, 5) is 14.5. The Morgan fingerprint density at radius 2 is 2.00 bits per heavy atom. The topological polar surface area (TPSA) is 54.0 Å². The number of anilines is 1. The molecular formula is C16H16N4O. The van der Waals surface area contributed by atoms with Crippen molar-refractivity contribution in [2.75, 3.05) is 31.2 Å².